The monoisotopic (exact) mass is 341 g/mol. The minimum absolute atomic E-state index is 0.155. The molecule has 0 unspecified atom stereocenters. The van der Waals surface area contributed by atoms with E-state index < -0.39 is 28.8 Å². The van der Waals surface area contributed by atoms with Gasteiger partial charge in [0.2, 0.25) is 5.43 Å². The molecule has 0 saturated carbocycles. The molecular weight excluding hydrogens is 327 g/mol. The second kappa shape index (κ2) is 6.83. The van der Waals surface area contributed by atoms with Crippen LogP contribution < -0.4 is 10.9 Å². The fraction of sp³-hybridized carbons (Fsp3) is 0.267. The lowest BCUT2D eigenvalue weighted by Gasteiger charge is -2.16. The topological polar surface area (TPSA) is 73.2 Å². The first-order valence-corrected chi connectivity index (χ1v) is 6.95. The van der Waals surface area contributed by atoms with Crippen LogP contribution >= 0.6 is 0 Å². The van der Waals surface area contributed by atoms with Gasteiger partial charge in [-0.05, 0) is 26.0 Å². The number of amides is 1. The summed E-state index contributed by atoms with van der Waals surface area (Å²) in [5.74, 6) is -0.930. The van der Waals surface area contributed by atoms with E-state index in [0.717, 1.165) is 16.8 Å². The highest BCUT2D eigenvalue weighted by atomic mass is 19.4. The second-order valence-electron chi connectivity index (χ2n) is 4.79. The third-order valence-corrected chi connectivity index (χ3v) is 3.07. The van der Waals surface area contributed by atoms with E-state index >= 15 is 0 Å². The van der Waals surface area contributed by atoms with Gasteiger partial charge < -0.3 is 0 Å². The molecule has 128 valence electrons. The van der Waals surface area contributed by atoms with Gasteiger partial charge in [0.1, 0.15) is 0 Å². The van der Waals surface area contributed by atoms with Crippen LogP contribution in [0.4, 0.5) is 13.2 Å². The van der Waals surface area contributed by atoms with Crippen molar-refractivity contribution in [3.8, 4) is 5.69 Å². The van der Waals surface area contributed by atoms with Gasteiger partial charge in [-0.25, -0.2) is 10.2 Å². The summed E-state index contributed by atoms with van der Waals surface area (Å²) < 4.78 is 40.4. The van der Waals surface area contributed by atoms with Crippen LogP contribution in [0.3, 0.4) is 0 Å². The molecular formula is C15H14F3N3O3. The van der Waals surface area contributed by atoms with Crippen LogP contribution in [0.15, 0.2) is 35.1 Å². The van der Waals surface area contributed by atoms with Gasteiger partial charge in [-0.15, -0.1) is 0 Å². The van der Waals surface area contributed by atoms with Crippen molar-refractivity contribution < 1.29 is 22.8 Å². The third-order valence-electron chi connectivity index (χ3n) is 3.07. The van der Waals surface area contributed by atoms with Crippen molar-refractivity contribution in [1.82, 2.24) is 15.3 Å². The average Bonchev–Trinajstić information content (AvgIpc) is 2.52. The van der Waals surface area contributed by atoms with Crippen molar-refractivity contribution in [1.29, 1.82) is 0 Å². The summed E-state index contributed by atoms with van der Waals surface area (Å²) >= 11 is 0. The third kappa shape index (κ3) is 3.62. The molecule has 1 aromatic carbocycles. The van der Waals surface area contributed by atoms with Crippen molar-refractivity contribution in [3.63, 3.8) is 0 Å². The highest BCUT2D eigenvalue weighted by Crippen LogP contribution is 2.33. The minimum Gasteiger partial charge on any atom is -0.287 e. The zero-order valence-electron chi connectivity index (χ0n) is 12.8. The lowest BCUT2D eigenvalue weighted by molar-refractivity contribution is -0.137. The largest absolute Gasteiger partial charge is 0.418 e. The molecule has 0 radical (unpaired) electrons. The Morgan fingerprint density at radius 3 is 2.62 bits per heavy atom. The Morgan fingerprint density at radius 2 is 2.00 bits per heavy atom. The van der Waals surface area contributed by atoms with Gasteiger partial charge in [0, 0.05) is 11.8 Å². The van der Waals surface area contributed by atoms with Crippen molar-refractivity contribution in [2.45, 2.75) is 20.0 Å². The molecule has 1 aromatic heterocycles. The number of benzene rings is 1. The molecule has 9 heteroatoms. The smallest absolute Gasteiger partial charge is 0.287 e. The van der Waals surface area contributed by atoms with E-state index in [1.807, 2.05) is 5.48 Å². The van der Waals surface area contributed by atoms with Gasteiger partial charge in [-0.3, -0.25) is 14.4 Å². The number of aromatic nitrogens is 2. The van der Waals surface area contributed by atoms with E-state index in [2.05, 4.69) is 5.10 Å². The normalized spacial score (nSPS) is 11.4. The molecule has 24 heavy (non-hydrogen) atoms. The summed E-state index contributed by atoms with van der Waals surface area (Å²) in [6.45, 7) is 3.19. The number of aryl methyl sites for hydroxylation is 1. The predicted molar refractivity (Wildman–Crippen MR) is 78.7 cm³/mol. The van der Waals surface area contributed by atoms with Crippen molar-refractivity contribution in [2.75, 3.05) is 6.61 Å². The number of carbonyl (C=O) groups is 1. The highest BCUT2D eigenvalue weighted by molar-refractivity contribution is 5.91. The molecule has 1 heterocycles. The predicted octanol–water partition coefficient (Wildman–Crippen LogP) is 2.24. The molecule has 0 saturated heterocycles. The number of hydrogen-bond acceptors (Lipinski definition) is 4. The van der Waals surface area contributed by atoms with E-state index in [0.29, 0.717) is 0 Å². The first-order valence-electron chi connectivity index (χ1n) is 6.95. The molecule has 0 aliphatic heterocycles. The number of nitrogens with one attached hydrogen (secondary N) is 1. The average molecular weight is 341 g/mol. The Balaban J connectivity index is 2.61. The van der Waals surface area contributed by atoms with Crippen LogP contribution in [0.2, 0.25) is 0 Å². The van der Waals surface area contributed by atoms with E-state index in [-0.39, 0.29) is 18.0 Å². The Morgan fingerprint density at radius 1 is 1.33 bits per heavy atom. The van der Waals surface area contributed by atoms with Gasteiger partial charge in [0.15, 0.2) is 5.69 Å². The molecule has 6 nitrogen and oxygen atoms in total. The molecule has 0 aliphatic rings. The van der Waals surface area contributed by atoms with E-state index in [1.165, 1.54) is 25.1 Å². The number of para-hydroxylation sites is 1. The molecule has 1 amide bonds. The first kappa shape index (κ1) is 17.7. The first-order chi connectivity index (χ1) is 11.3. The van der Waals surface area contributed by atoms with Crippen LogP contribution in [0.5, 0.6) is 0 Å². The lowest BCUT2D eigenvalue weighted by Crippen LogP contribution is -2.32. The number of hydrogen-bond donors (Lipinski definition) is 1. The van der Waals surface area contributed by atoms with Gasteiger partial charge >= 0.3 is 6.18 Å². The summed E-state index contributed by atoms with van der Waals surface area (Å²) in [6, 6.07) is 5.80. The Bertz CT molecular complexity index is 816. The van der Waals surface area contributed by atoms with Crippen LogP contribution in [0.1, 0.15) is 28.7 Å². The maximum Gasteiger partial charge on any atom is 0.418 e. The van der Waals surface area contributed by atoms with Crippen molar-refractivity contribution in [3.05, 3.63) is 57.5 Å². The molecule has 1 N–H and O–H groups in total. The molecule has 2 aromatic rings. The Labute approximate surface area is 134 Å². The minimum atomic E-state index is -4.61. The zero-order valence-corrected chi connectivity index (χ0v) is 12.8. The van der Waals surface area contributed by atoms with Crippen molar-refractivity contribution >= 4 is 5.91 Å². The van der Waals surface area contributed by atoms with Gasteiger partial charge in [0.25, 0.3) is 5.91 Å². The summed E-state index contributed by atoms with van der Waals surface area (Å²) in [6.07, 6.45) is -4.61. The van der Waals surface area contributed by atoms with Gasteiger partial charge in [-0.1, -0.05) is 12.1 Å². The summed E-state index contributed by atoms with van der Waals surface area (Å²) in [5.41, 5.74) is -0.343. The molecule has 0 spiro atoms. The SMILES string of the molecule is CCONC(=O)c1nn(-c2ccccc2C(F)(F)F)c(C)cc1=O. The Hall–Kier alpha value is -2.68. The maximum absolute atomic E-state index is 13.2. The van der Waals surface area contributed by atoms with Gasteiger partial charge in [0.05, 0.1) is 17.9 Å². The fourth-order valence-electron chi connectivity index (χ4n) is 2.03. The maximum atomic E-state index is 13.2. The number of carbonyl (C=O) groups excluding carboxylic acids is 1. The molecule has 0 atom stereocenters. The van der Waals surface area contributed by atoms with E-state index in [1.54, 1.807) is 6.92 Å². The van der Waals surface area contributed by atoms with E-state index in [9.17, 15) is 22.8 Å². The van der Waals surface area contributed by atoms with Crippen LogP contribution in [-0.2, 0) is 11.0 Å². The summed E-state index contributed by atoms with van der Waals surface area (Å²) in [5, 5.41) is 3.78. The Kier molecular flexibility index (Phi) is 5.03. The number of hydroxylamine groups is 1. The fourth-order valence-corrected chi connectivity index (χ4v) is 2.03. The van der Waals surface area contributed by atoms with Crippen molar-refractivity contribution in [2.24, 2.45) is 0 Å². The van der Waals surface area contributed by atoms with E-state index in [4.69, 9.17) is 4.84 Å². The molecule has 0 aliphatic carbocycles. The van der Waals surface area contributed by atoms with Crippen LogP contribution in [0.25, 0.3) is 5.69 Å². The number of nitrogens with zero attached hydrogens (tertiary/aromatic N) is 2. The van der Waals surface area contributed by atoms with Gasteiger partial charge in [-0.2, -0.15) is 18.3 Å². The number of rotatable bonds is 4. The summed E-state index contributed by atoms with van der Waals surface area (Å²) in [4.78, 5) is 28.5. The molecule has 2 rings (SSSR count). The van der Waals surface area contributed by atoms with Crippen LogP contribution in [-0.4, -0.2) is 22.3 Å². The number of halogens is 3. The molecule has 0 fully saturated rings. The quantitative estimate of drug-likeness (QED) is 0.866. The highest BCUT2D eigenvalue weighted by Gasteiger charge is 2.34. The molecule has 0 bridgehead atoms. The standard InChI is InChI=1S/C15H14F3N3O3/c1-3-24-20-14(23)13-12(22)8-9(2)21(19-13)11-7-5-4-6-10(11)15(16,17)18/h4-8H,3H2,1-2H3,(H,20,23). The lowest BCUT2D eigenvalue weighted by atomic mass is 10.1. The number of alkyl halides is 3. The summed E-state index contributed by atoms with van der Waals surface area (Å²) in [7, 11) is 0. The van der Waals surface area contributed by atoms with Crippen LogP contribution in [0, 0.1) is 6.92 Å². The second-order valence-corrected chi connectivity index (χ2v) is 4.79. The zero-order chi connectivity index (χ0) is 17.9.